The summed E-state index contributed by atoms with van der Waals surface area (Å²) < 4.78 is 9.84. The van der Waals surface area contributed by atoms with Crippen LogP contribution in [0.3, 0.4) is 0 Å². The second-order valence-electron chi connectivity index (χ2n) is 3.66. The van der Waals surface area contributed by atoms with Crippen LogP contribution in [0.2, 0.25) is 0 Å². The van der Waals surface area contributed by atoms with E-state index >= 15 is 0 Å². The lowest BCUT2D eigenvalue weighted by atomic mass is 10.1. The monoisotopic (exact) mass is 249 g/mol. The van der Waals surface area contributed by atoms with Crippen LogP contribution in [0.1, 0.15) is 5.56 Å². The molecule has 0 fully saturated rings. The Bertz CT molecular complexity index is 606. The first kappa shape index (κ1) is 11.9. The zero-order valence-electron chi connectivity index (χ0n) is 9.84. The number of nitro benzene ring substituents is 1. The Morgan fingerprint density at radius 2 is 2.22 bits per heavy atom. The molecule has 94 valence electrons. The Morgan fingerprint density at radius 1 is 1.50 bits per heavy atom. The van der Waals surface area contributed by atoms with E-state index in [1.165, 1.54) is 19.2 Å². The van der Waals surface area contributed by atoms with Gasteiger partial charge in [-0.05, 0) is 19.1 Å². The molecule has 0 aliphatic heterocycles. The third-order valence-electron chi connectivity index (χ3n) is 2.61. The summed E-state index contributed by atoms with van der Waals surface area (Å²) in [5.41, 5.74) is 7.33. The van der Waals surface area contributed by atoms with Crippen molar-refractivity contribution in [3.8, 4) is 17.0 Å². The van der Waals surface area contributed by atoms with E-state index in [2.05, 4.69) is 5.16 Å². The maximum atomic E-state index is 10.8. The first-order chi connectivity index (χ1) is 8.54. The summed E-state index contributed by atoms with van der Waals surface area (Å²) in [4.78, 5) is 10.3. The van der Waals surface area contributed by atoms with Gasteiger partial charge in [-0.1, -0.05) is 5.16 Å². The second kappa shape index (κ2) is 4.36. The van der Waals surface area contributed by atoms with Crippen molar-refractivity contribution < 1.29 is 14.2 Å². The summed E-state index contributed by atoms with van der Waals surface area (Å²) in [6.07, 6.45) is 0. The van der Waals surface area contributed by atoms with E-state index in [0.717, 1.165) is 0 Å². The molecule has 0 aliphatic rings. The minimum atomic E-state index is -0.507. The average molecular weight is 249 g/mol. The predicted octanol–water partition coefficient (Wildman–Crippen LogP) is 2.15. The summed E-state index contributed by atoms with van der Waals surface area (Å²) in [6, 6.07) is 4.46. The van der Waals surface area contributed by atoms with Crippen LogP contribution in [0.25, 0.3) is 11.3 Å². The summed E-state index contributed by atoms with van der Waals surface area (Å²) >= 11 is 0. The van der Waals surface area contributed by atoms with E-state index in [4.69, 9.17) is 15.0 Å². The number of nitrogen functional groups attached to an aromatic ring is 1. The quantitative estimate of drug-likeness (QED) is 0.660. The highest BCUT2D eigenvalue weighted by molar-refractivity contribution is 5.70. The van der Waals surface area contributed by atoms with Gasteiger partial charge in [-0.2, -0.15) is 0 Å². The average Bonchev–Trinajstić information content (AvgIpc) is 2.69. The van der Waals surface area contributed by atoms with E-state index in [9.17, 15) is 10.1 Å². The van der Waals surface area contributed by atoms with Gasteiger partial charge in [-0.25, -0.2) is 0 Å². The lowest BCUT2D eigenvalue weighted by Gasteiger charge is -2.03. The van der Waals surface area contributed by atoms with Crippen molar-refractivity contribution in [1.82, 2.24) is 5.16 Å². The third kappa shape index (κ3) is 1.86. The van der Waals surface area contributed by atoms with Crippen LogP contribution in [-0.2, 0) is 0 Å². The highest BCUT2D eigenvalue weighted by Crippen LogP contribution is 2.33. The fourth-order valence-electron chi connectivity index (χ4n) is 1.59. The molecule has 0 atom stereocenters. The van der Waals surface area contributed by atoms with E-state index in [-0.39, 0.29) is 17.3 Å². The van der Waals surface area contributed by atoms with E-state index in [1.54, 1.807) is 13.0 Å². The molecule has 1 heterocycles. The molecule has 0 bridgehead atoms. The summed E-state index contributed by atoms with van der Waals surface area (Å²) in [7, 11) is 1.37. The second-order valence-corrected chi connectivity index (χ2v) is 3.66. The number of hydrogen-bond donors (Lipinski definition) is 1. The molecule has 7 nitrogen and oxygen atoms in total. The van der Waals surface area contributed by atoms with Crippen molar-refractivity contribution in [3.63, 3.8) is 0 Å². The number of rotatable bonds is 3. The summed E-state index contributed by atoms with van der Waals surface area (Å²) in [5.74, 6) is 0.390. The molecule has 0 radical (unpaired) electrons. The zero-order chi connectivity index (χ0) is 13.3. The standard InChI is InChI=1S/C11H11N3O4/c1-6-10(13-18-11(6)12)7-3-4-8(14(15)16)9(5-7)17-2/h3-5H,12H2,1-2H3. The van der Waals surface area contributed by atoms with Gasteiger partial charge in [-0.3, -0.25) is 10.1 Å². The molecule has 7 heteroatoms. The molecule has 2 N–H and O–H groups in total. The highest BCUT2D eigenvalue weighted by atomic mass is 16.6. The molecule has 0 spiro atoms. The van der Waals surface area contributed by atoms with Crippen molar-refractivity contribution >= 4 is 11.6 Å². The highest BCUT2D eigenvalue weighted by Gasteiger charge is 2.18. The molecule has 0 saturated carbocycles. The van der Waals surface area contributed by atoms with E-state index in [0.29, 0.717) is 16.8 Å². The number of anilines is 1. The molecule has 18 heavy (non-hydrogen) atoms. The van der Waals surface area contributed by atoms with Crippen LogP contribution in [0.15, 0.2) is 22.7 Å². The van der Waals surface area contributed by atoms with Crippen molar-refractivity contribution in [2.45, 2.75) is 6.92 Å². The van der Waals surface area contributed by atoms with Gasteiger partial charge in [0.05, 0.1) is 12.0 Å². The van der Waals surface area contributed by atoms with Gasteiger partial charge in [0.2, 0.25) is 5.88 Å². The topological polar surface area (TPSA) is 104 Å². The fourth-order valence-corrected chi connectivity index (χ4v) is 1.59. The molecule has 1 aromatic carbocycles. The molecule has 1 aromatic heterocycles. The van der Waals surface area contributed by atoms with Gasteiger partial charge >= 0.3 is 5.69 Å². The van der Waals surface area contributed by atoms with Crippen molar-refractivity contribution in [2.75, 3.05) is 12.8 Å². The molecule has 2 rings (SSSR count). The number of hydrogen-bond acceptors (Lipinski definition) is 6. The lowest BCUT2D eigenvalue weighted by molar-refractivity contribution is -0.385. The number of methoxy groups -OCH3 is 1. The number of benzene rings is 1. The smallest absolute Gasteiger partial charge is 0.310 e. The summed E-state index contributed by atoms with van der Waals surface area (Å²) in [5, 5.41) is 14.6. The van der Waals surface area contributed by atoms with Gasteiger partial charge in [-0.15, -0.1) is 0 Å². The summed E-state index contributed by atoms with van der Waals surface area (Å²) in [6.45, 7) is 1.76. The Morgan fingerprint density at radius 3 is 2.72 bits per heavy atom. The Kier molecular flexibility index (Phi) is 2.88. The van der Waals surface area contributed by atoms with Crippen LogP contribution in [0, 0.1) is 17.0 Å². The molecule has 0 saturated heterocycles. The predicted molar refractivity (Wildman–Crippen MR) is 64.3 cm³/mol. The van der Waals surface area contributed by atoms with Crippen LogP contribution in [0.5, 0.6) is 5.75 Å². The Hall–Kier alpha value is -2.57. The molecule has 2 aromatic rings. The number of nitrogens with zero attached hydrogens (tertiary/aromatic N) is 2. The minimum Gasteiger partial charge on any atom is -0.490 e. The number of nitrogens with two attached hydrogens (primary N) is 1. The van der Waals surface area contributed by atoms with Gasteiger partial charge in [0.1, 0.15) is 5.69 Å². The van der Waals surface area contributed by atoms with Crippen LogP contribution >= 0.6 is 0 Å². The van der Waals surface area contributed by atoms with Crippen molar-refractivity contribution in [2.24, 2.45) is 0 Å². The number of ether oxygens (including phenoxy) is 1. The Labute approximate surface area is 102 Å². The van der Waals surface area contributed by atoms with Crippen molar-refractivity contribution in [1.29, 1.82) is 0 Å². The molecular weight excluding hydrogens is 238 g/mol. The van der Waals surface area contributed by atoms with Gasteiger partial charge < -0.3 is 15.0 Å². The minimum absolute atomic E-state index is 0.102. The molecule has 0 unspecified atom stereocenters. The first-order valence-corrected chi connectivity index (χ1v) is 5.09. The maximum absolute atomic E-state index is 10.8. The SMILES string of the molecule is COc1cc(-c2noc(N)c2C)ccc1[N+](=O)[O-]. The van der Waals surface area contributed by atoms with Crippen LogP contribution < -0.4 is 10.5 Å². The van der Waals surface area contributed by atoms with Crippen LogP contribution in [0.4, 0.5) is 11.6 Å². The van der Waals surface area contributed by atoms with Gasteiger partial charge in [0.15, 0.2) is 5.75 Å². The third-order valence-corrected chi connectivity index (χ3v) is 2.61. The molecule has 0 amide bonds. The normalized spacial score (nSPS) is 10.3. The Balaban J connectivity index is 2.54. The zero-order valence-corrected chi connectivity index (χ0v) is 9.84. The number of nitro groups is 1. The molecule has 0 aliphatic carbocycles. The lowest BCUT2D eigenvalue weighted by Crippen LogP contribution is -1.94. The first-order valence-electron chi connectivity index (χ1n) is 5.09. The van der Waals surface area contributed by atoms with E-state index in [1.807, 2.05) is 0 Å². The van der Waals surface area contributed by atoms with Gasteiger partial charge in [0, 0.05) is 17.2 Å². The number of aromatic nitrogens is 1. The van der Waals surface area contributed by atoms with Crippen LogP contribution in [-0.4, -0.2) is 17.2 Å². The maximum Gasteiger partial charge on any atom is 0.310 e. The van der Waals surface area contributed by atoms with Gasteiger partial charge in [0.25, 0.3) is 0 Å². The van der Waals surface area contributed by atoms with E-state index < -0.39 is 4.92 Å². The molecular formula is C11H11N3O4. The van der Waals surface area contributed by atoms with Crippen molar-refractivity contribution in [3.05, 3.63) is 33.9 Å². The largest absolute Gasteiger partial charge is 0.490 e. The fraction of sp³-hybridized carbons (Fsp3) is 0.182.